The van der Waals surface area contributed by atoms with Gasteiger partial charge >= 0.3 is 0 Å². The first-order chi connectivity index (χ1) is 5.15. The second-order valence-electron chi connectivity index (χ2n) is 2.95. The van der Waals surface area contributed by atoms with E-state index < -0.39 is 0 Å². The first-order valence-electron chi connectivity index (χ1n) is 3.76. The Morgan fingerprint density at radius 3 is 1.91 bits per heavy atom. The maximum absolute atomic E-state index is 3.66. The summed E-state index contributed by atoms with van der Waals surface area (Å²) in [7, 11) is 0. The van der Waals surface area contributed by atoms with Crippen LogP contribution in [-0.2, 0) is 0 Å². The average molecular weight is 145 g/mol. The summed E-state index contributed by atoms with van der Waals surface area (Å²) < 4.78 is 0. The average Bonchev–Trinajstić information content (AvgIpc) is 1.85. The van der Waals surface area contributed by atoms with Gasteiger partial charge in [0.1, 0.15) is 0 Å². The van der Waals surface area contributed by atoms with E-state index >= 15 is 0 Å². The summed E-state index contributed by atoms with van der Waals surface area (Å²) in [6, 6.07) is 4.31. The molecule has 0 aromatic heterocycles. The first-order valence-corrected chi connectivity index (χ1v) is 3.76. The van der Waals surface area contributed by atoms with Gasteiger partial charge in [0.25, 0.3) is 0 Å². The van der Waals surface area contributed by atoms with E-state index in [1.54, 1.807) is 0 Å². The Kier molecular flexibility index (Phi) is 2.13. The molecule has 0 amide bonds. The molecule has 57 valence electrons. The highest BCUT2D eigenvalue weighted by Gasteiger charge is 1.98. The first kappa shape index (κ1) is 8.06. The molecule has 0 nitrogen and oxygen atoms in total. The largest absolute Gasteiger partial charge is 0.0905 e. The summed E-state index contributed by atoms with van der Waals surface area (Å²) in [6.45, 7) is 9.94. The number of benzene rings is 1. The summed E-state index contributed by atoms with van der Waals surface area (Å²) in [5.74, 6) is 0. The van der Waals surface area contributed by atoms with Crippen LogP contribution < -0.4 is 0 Å². The van der Waals surface area contributed by atoms with Crippen molar-refractivity contribution in [3.8, 4) is 0 Å². The fraction of sp³-hybridized carbons (Fsp3) is 0.273. The van der Waals surface area contributed by atoms with Gasteiger partial charge in [-0.15, -0.1) is 0 Å². The molecule has 11 heavy (non-hydrogen) atoms. The van der Waals surface area contributed by atoms with Gasteiger partial charge in [-0.2, -0.15) is 0 Å². The Hall–Kier alpha value is -1.04. The zero-order chi connectivity index (χ0) is 8.43. The molecule has 0 saturated heterocycles. The van der Waals surface area contributed by atoms with Crippen LogP contribution in [0.25, 0.3) is 0 Å². The molecule has 0 aliphatic heterocycles. The maximum atomic E-state index is 3.66. The van der Waals surface area contributed by atoms with Crippen LogP contribution in [-0.4, -0.2) is 0 Å². The Morgan fingerprint density at radius 1 is 1.09 bits per heavy atom. The highest BCUT2D eigenvalue weighted by molar-refractivity contribution is 5.40. The smallest absolute Gasteiger partial charge is 0.0125 e. The van der Waals surface area contributed by atoms with Gasteiger partial charge in [0.2, 0.25) is 0 Å². The number of hydrogen-bond donors (Lipinski definition) is 0. The van der Waals surface area contributed by atoms with Crippen LogP contribution in [0.15, 0.2) is 18.7 Å². The molecule has 1 rings (SSSR count). The van der Waals surface area contributed by atoms with E-state index in [0.717, 1.165) is 5.56 Å². The summed E-state index contributed by atoms with van der Waals surface area (Å²) >= 11 is 0. The van der Waals surface area contributed by atoms with Crippen LogP contribution in [0.3, 0.4) is 0 Å². The van der Waals surface area contributed by atoms with Crippen molar-refractivity contribution in [3.05, 3.63) is 47.0 Å². The monoisotopic (exact) mass is 145 g/mol. The molecule has 0 fully saturated rings. The van der Waals surface area contributed by atoms with Gasteiger partial charge < -0.3 is 0 Å². The van der Waals surface area contributed by atoms with Crippen molar-refractivity contribution < 1.29 is 0 Å². The quantitative estimate of drug-likeness (QED) is 0.570. The molecule has 0 unspecified atom stereocenters. The SMILES string of the molecule is C=[C]c1c(C)cc(C)cc1C. The number of aryl methyl sites for hydroxylation is 3. The predicted octanol–water partition coefficient (Wildman–Crippen LogP) is 2.95. The third-order valence-corrected chi connectivity index (χ3v) is 1.85. The number of rotatable bonds is 1. The van der Waals surface area contributed by atoms with E-state index in [2.05, 4.69) is 45.6 Å². The fourth-order valence-corrected chi connectivity index (χ4v) is 1.46. The van der Waals surface area contributed by atoms with Gasteiger partial charge in [0.05, 0.1) is 0 Å². The molecule has 0 heterocycles. The van der Waals surface area contributed by atoms with Crippen LogP contribution in [0.4, 0.5) is 0 Å². The van der Waals surface area contributed by atoms with E-state index in [4.69, 9.17) is 0 Å². The minimum Gasteiger partial charge on any atom is -0.0905 e. The predicted molar refractivity (Wildman–Crippen MR) is 48.6 cm³/mol. The van der Waals surface area contributed by atoms with Crippen molar-refractivity contribution in [2.45, 2.75) is 20.8 Å². The van der Waals surface area contributed by atoms with Gasteiger partial charge in [-0.25, -0.2) is 0 Å². The zero-order valence-electron chi connectivity index (χ0n) is 7.36. The Morgan fingerprint density at radius 2 is 1.55 bits per heavy atom. The van der Waals surface area contributed by atoms with Crippen LogP contribution >= 0.6 is 0 Å². The lowest BCUT2D eigenvalue weighted by Crippen LogP contribution is -1.88. The maximum Gasteiger partial charge on any atom is -0.0125 e. The van der Waals surface area contributed by atoms with Crippen molar-refractivity contribution >= 4 is 0 Å². The van der Waals surface area contributed by atoms with Gasteiger partial charge in [-0.05, 0) is 43.5 Å². The lowest BCUT2D eigenvalue weighted by molar-refractivity contribution is 1.27. The van der Waals surface area contributed by atoms with E-state index in [-0.39, 0.29) is 0 Å². The van der Waals surface area contributed by atoms with Crippen molar-refractivity contribution in [2.75, 3.05) is 0 Å². The van der Waals surface area contributed by atoms with Crippen LogP contribution in [0, 0.1) is 26.8 Å². The van der Waals surface area contributed by atoms with Crippen LogP contribution in [0.1, 0.15) is 22.3 Å². The zero-order valence-corrected chi connectivity index (χ0v) is 7.36. The number of hydrogen-bond acceptors (Lipinski definition) is 0. The lowest BCUT2D eigenvalue weighted by Gasteiger charge is -2.05. The molecular weight excluding hydrogens is 132 g/mol. The molecule has 0 saturated carbocycles. The third-order valence-electron chi connectivity index (χ3n) is 1.85. The third kappa shape index (κ3) is 1.51. The van der Waals surface area contributed by atoms with Gasteiger partial charge in [-0.3, -0.25) is 0 Å². The molecule has 0 atom stereocenters. The molecular formula is C11H13. The molecule has 0 N–H and O–H groups in total. The minimum atomic E-state index is 1.15. The highest BCUT2D eigenvalue weighted by atomic mass is 14.0. The van der Waals surface area contributed by atoms with Crippen molar-refractivity contribution in [1.82, 2.24) is 0 Å². The van der Waals surface area contributed by atoms with Gasteiger partial charge in [0, 0.05) is 0 Å². The molecule has 0 spiro atoms. The molecule has 0 aliphatic rings. The van der Waals surface area contributed by atoms with Crippen molar-refractivity contribution in [2.24, 2.45) is 0 Å². The molecule has 1 aromatic rings. The molecule has 0 aliphatic carbocycles. The van der Waals surface area contributed by atoms with E-state index in [1.165, 1.54) is 16.7 Å². The summed E-state index contributed by atoms with van der Waals surface area (Å²) in [5.41, 5.74) is 4.98. The second-order valence-corrected chi connectivity index (χ2v) is 2.95. The fourth-order valence-electron chi connectivity index (χ4n) is 1.46. The van der Waals surface area contributed by atoms with Crippen LogP contribution in [0.2, 0.25) is 0 Å². The summed E-state index contributed by atoms with van der Waals surface area (Å²) in [5, 5.41) is 0. The lowest BCUT2D eigenvalue weighted by atomic mass is 10.0. The standard InChI is InChI=1S/C11H13/c1-5-11-9(3)6-8(2)7-10(11)4/h6-7H,1H2,2-4H3. The minimum absolute atomic E-state index is 1.15. The van der Waals surface area contributed by atoms with Gasteiger partial charge in [-0.1, -0.05) is 24.3 Å². The topological polar surface area (TPSA) is 0 Å². The van der Waals surface area contributed by atoms with Gasteiger partial charge in [0.15, 0.2) is 0 Å². The normalized spacial score (nSPS) is 9.73. The molecule has 0 bridgehead atoms. The highest BCUT2D eigenvalue weighted by Crippen LogP contribution is 2.15. The summed E-state index contributed by atoms with van der Waals surface area (Å²) in [6.07, 6.45) is 2.94. The Bertz CT molecular complexity index is 259. The van der Waals surface area contributed by atoms with E-state index in [1.807, 2.05) is 0 Å². The Labute approximate surface area is 68.6 Å². The van der Waals surface area contributed by atoms with Crippen LogP contribution in [0.5, 0.6) is 0 Å². The second kappa shape index (κ2) is 2.91. The summed E-state index contributed by atoms with van der Waals surface area (Å²) in [4.78, 5) is 0. The molecule has 1 aromatic carbocycles. The molecule has 1 radical (unpaired) electrons. The van der Waals surface area contributed by atoms with Crippen molar-refractivity contribution in [3.63, 3.8) is 0 Å². The molecule has 0 heteroatoms. The van der Waals surface area contributed by atoms with Crippen molar-refractivity contribution in [1.29, 1.82) is 0 Å². The van der Waals surface area contributed by atoms with E-state index in [0.29, 0.717) is 0 Å². The Balaban J connectivity index is 3.36. The van der Waals surface area contributed by atoms with E-state index in [9.17, 15) is 0 Å².